The zero-order valence-electron chi connectivity index (χ0n) is 8.00. The lowest BCUT2D eigenvalue weighted by Gasteiger charge is -2.06. The minimum atomic E-state index is 0.672. The normalized spacial score (nSPS) is 10.6. The van der Waals surface area contributed by atoms with Crippen molar-refractivity contribution in [2.24, 2.45) is 0 Å². The zero-order chi connectivity index (χ0) is 8.97. The molecule has 0 aliphatic carbocycles. The second-order valence-electron chi connectivity index (χ2n) is 2.68. The molecule has 1 aromatic heterocycles. The molecule has 0 aromatic carbocycles. The quantitative estimate of drug-likeness (QED) is 0.684. The van der Waals surface area contributed by atoms with Gasteiger partial charge in [0.2, 0.25) is 0 Å². The Bertz CT molecular complexity index is 243. The van der Waals surface area contributed by atoms with Gasteiger partial charge in [-0.3, -0.25) is 0 Å². The van der Waals surface area contributed by atoms with Gasteiger partial charge in [-0.15, -0.1) is 0 Å². The first kappa shape index (κ1) is 9.26. The van der Waals surface area contributed by atoms with E-state index in [0.717, 1.165) is 24.7 Å². The first-order valence-corrected chi connectivity index (χ1v) is 4.38. The van der Waals surface area contributed by atoms with Crippen LogP contribution in [0.2, 0.25) is 0 Å². The standard InChI is InChI=1S/C9H16N2O/c1-4-11-8(3)10-6-9(11)7-12-5-2/h6H,4-5,7H2,1-3H3. The number of rotatable bonds is 4. The number of ether oxygens (including phenoxy) is 1. The van der Waals surface area contributed by atoms with E-state index >= 15 is 0 Å². The fourth-order valence-electron chi connectivity index (χ4n) is 1.27. The van der Waals surface area contributed by atoms with Crippen LogP contribution < -0.4 is 0 Å². The van der Waals surface area contributed by atoms with Gasteiger partial charge in [-0.2, -0.15) is 0 Å². The molecule has 0 amide bonds. The van der Waals surface area contributed by atoms with Gasteiger partial charge in [-0.05, 0) is 20.8 Å². The van der Waals surface area contributed by atoms with E-state index in [2.05, 4.69) is 16.5 Å². The third-order valence-corrected chi connectivity index (χ3v) is 1.91. The predicted molar refractivity (Wildman–Crippen MR) is 48.0 cm³/mol. The van der Waals surface area contributed by atoms with Gasteiger partial charge >= 0.3 is 0 Å². The summed E-state index contributed by atoms with van der Waals surface area (Å²) in [5, 5.41) is 0. The van der Waals surface area contributed by atoms with Crippen molar-refractivity contribution in [1.82, 2.24) is 9.55 Å². The van der Waals surface area contributed by atoms with E-state index < -0.39 is 0 Å². The van der Waals surface area contributed by atoms with E-state index in [9.17, 15) is 0 Å². The van der Waals surface area contributed by atoms with Crippen LogP contribution in [0, 0.1) is 6.92 Å². The van der Waals surface area contributed by atoms with Crippen molar-refractivity contribution in [2.75, 3.05) is 6.61 Å². The predicted octanol–water partition coefficient (Wildman–Crippen LogP) is 1.75. The van der Waals surface area contributed by atoms with Gasteiger partial charge < -0.3 is 9.30 Å². The smallest absolute Gasteiger partial charge is 0.105 e. The molecule has 0 N–H and O–H groups in total. The lowest BCUT2D eigenvalue weighted by atomic mass is 10.5. The summed E-state index contributed by atoms with van der Waals surface area (Å²) in [6.45, 7) is 8.52. The van der Waals surface area contributed by atoms with E-state index in [1.165, 1.54) is 0 Å². The topological polar surface area (TPSA) is 27.1 Å². The molecule has 0 radical (unpaired) electrons. The Morgan fingerprint density at radius 1 is 1.50 bits per heavy atom. The van der Waals surface area contributed by atoms with Crippen molar-refractivity contribution in [1.29, 1.82) is 0 Å². The van der Waals surface area contributed by atoms with Crippen molar-refractivity contribution in [2.45, 2.75) is 33.9 Å². The van der Waals surface area contributed by atoms with Gasteiger partial charge in [0.25, 0.3) is 0 Å². The minimum Gasteiger partial charge on any atom is -0.375 e. The van der Waals surface area contributed by atoms with Gasteiger partial charge in [0.15, 0.2) is 0 Å². The van der Waals surface area contributed by atoms with Crippen molar-refractivity contribution in [3.63, 3.8) is 0 Å². The van der Waals surface area contributed by atoms with Crippen LogP contribution in [0.25, 0.3) is 0 Å². The van der Waals surface area contributed by atoms with E-state index in [-0.39, 0.29) is 0 Å². The third kappa shape index (κ3) is 1.85. The van der Waals surface area contributed by atoms with Crippen LogP contribution in [-0.4, -0.2) is 16.2 Å². The molecule has 0 aliphatic rings. The Morgan fingerprint density at radius 3 is 2.83 bits per heavy atom. The van der Waals surface area contributed by atoms with Gasteiger partial charge in [0.05, 0.1) is 18.5 Å². The Balaban J connectivity index is 2.70. The number of nitrogens with zero attached hydrogens (tertiary/aromatic N) is 2. The lowest BCUT2D eigenvalue weighted by molar-refractivity contribution is 0.128. The highest BCUT2D eigenvalue weighted by Gasteiger charge is 2.03. The third-order valence-electron chi connectivity index (χ3n) is 1.91. The van der Waals surface area contributed by atoms with Crippen LogP contribution in [0.5, 0.6) is 0 Å². The van der Waals surface area contributed by atoms with Gasteiger partial charge in [0, 0.05) is 13.2 Å². The molecular formula is C9H16N2O. The molecular weight excluding hydrogens is 152 g/mol. The van der Waals surface area contributed by atoms with Crippen LogP contribution in [0.3, 0.4) is 0 Å². The van der Waals surface area contributed by atoms with E-state index in [1.807, 2.05) is 20.0 Å². The summed E-state index contributed by atoms with van der Waals surface area (Å²) in [7, 11) is 0. The summed E-state index contributed by atoms with van der Waals surface area (Å²) in [5.74, 6) is 1.06. The van der Waals surface area contributed by atoms with Crippen LogP contribution in [0.4, 0.5) is 0 Å². The molecule has 1 rings (SSSR count). The maximum atomic E-state index is 5.31. The molecule has 3 nitrogen and oxygen atoms in total. The van der Waals surface area contributed by atoms with Crippen molar-refractivity contribution >= 4 is 0 Å². The first-order chi connectivity index (χ1) is 5.79. The van der Waals surface area contributed by atoms with E-state index in [0.29, 0.717) is 6.61 Å². The van der Waals surface area contributed by atoms with Gasteiger partial charge in [0.1, 0.15) is 5.82 Å². The fourth-order valence-corrected chi connectivity index (χ4v) is 1.27. The number of hydrogen-bond donors (Lipinski definition) is 0. The molecule has 0 bridgehead atoms. The molecule has 0 spiro atoms. The maximum Gasteiger partial charge on any atom is 0.105 e. The van der Waals surface area contributed by atoms with E-state index in [1.54, 1.807) is 0 Å². The highest BCUT2D eigenvalue weighted by molar-refractivity contribution is 5.02. The van der Waals surface area contributed by atoms with Gasteiger partial charge in [-0.25, -0.2) is 4.98 Å². The summed E-state index contributed by atoms with van der Waals surface area (Å²) in [5.41, 5.74) is 1.16. The summed E-state index contributed by atoms with van der Waals surface area (Å²) in [4.78, 5) is 4.22. The van der Waals surface area contributed by atoms with E-state index in [4.69, 9.17) is 4.74 Å². The summed E-state index contributed by atoms with van der Waals surface area (Å²) in [6.07, 6.45) is 1.88. The average molecular weight is 168 g/mol. The highest BCUT2D eigenvalue weighted by atomic mass is 16.5. The van der Waals surface area contributed by atoms with Crippen LogP contribution in [0.15, 0.2) is 6.20 Å². The molecule has 0 aliphatic heterocycles. The second-order valence-corrected chi connectivity index (χ2v) is 2.68. The molecule has 3 heteroatoms. The highest BCUT2D eigenvalue weighted by Crippen LogP contribution is 2.05. The largest absolute Gasteiger partial charge is 0.375 e. The average Bonchev–Trinajstić information content (AvgIpc) is 2.43. The SMILES string of the molecule is CCOCc1cnc(C)n1CC. The fraction of sp³-hybridized carbons (Fsp3) is 0.667. The van der Waals surface area contributed by atoms with Crippen LogP contribution >= 0.6 is 0 Å². The molecule has 0 saturated heterocycles. The molecule has 0 fully saturated rings. The van der Waals surface area contributed by atoms with Gasteiger partial charge in [-0.1, -0.05) is 0 Å². The number of aryl methyl sites for hydroxylation is 1. The Labute approximate surface area is 73.4 Å². The lowest BCUT2D eigenvalue weighted by Crippen LogP contribution is -2.04. The molecule has 0 saturated carbocycles. The summed E-state index contributed by atoms with van der Waals surface area (Å²) >= 11 is 0. The Morgan fingerprint density at radius 2 is 2.25 bits per heavy atom. The summed E-state index contributed by atoms with van der Waals surface area (Å²) in [6, 6.07) is 0. The molecule has 1 aromatic rings. The minimum absolute atomic E-state index is 0.672. The van der Waals surface area contributed by atoms with Crippen molar-refractivity contribution in [3.05, 3.63) is 17.7 Å². The monoisotopic (exact) mass is 168 g/mol. The molecule has 1 heterocycles. The number of imidazole rings is 1. The molecule has 0 atom stereocenters. The molecule has 12 heavy (non-hydrogen) atoms. The second kappa shape index (κ2) is 4.26. The first-order valence-electron chi connectivity index (χ1n) is 4.38. The van der Waals surface area contributed by atoms with Crippen molar-refractivity contribution in [3.8, 4) is 0 Å². The Kier molecular flexibility index (Phi) is 3.29. The number of hydrogen-bond acceptors (Lipinski definition) is 2. The Hall–Kier alpha value is -0.830. The van der Waals surface area contributed by atoms with Crippen LogP contribution in [-0.2, 0) is 17.9 Å². The molecule has 0 unspecified atom stereocenters. The van der Waals surface area contributed by atoms with Crippen molar-refractivity contribution < 1.29 is 4.74 Å². The summed E-state index contributed by atoms with van der Waals surface area (Å²) < 4.78 is 7.48. The zero-order valence-corrected chi connectivity index (χ0v) is 8.00. The van der Waals surface area contributed by atoms with Crippen LogP contribution in [0.1, 0.15) is 25.4 Å². The maximum absolute atomic E-state index is 5.31. The number of aromatic nitrogens is 2. The molecule has 68 valence electrons.